The van der Waals surface area contributed by atoms with Crippen LogP contribution in [0.5, 0.6) is 0 Å². The monoisotopic (exact) mass is 435 g/mol. The van der Waals surface area contributed by atoms with Crippen molar-refractivity contribution in [1.82, 2.24) is 5.32 Å². The van der Waals surface area contributed by atoms with Gasteiger partial charge < -0.3 is 5.32 Å². The van der Waals surface area contributed by atoms with Gasteiger partial charge in [-0.25, -0.2) is 4.39 Å². The van der Waals surface area contributed by atoms with Crippen LogP contribution in [0, 0.1) is 11.7 Å². The van der Waals surface area contributed by atoms with Gasteiger partial charge in [-0.2, -0.15) is 0 Å². The molecule has 1 nitrogen and oxygen atoms in total. The Bertz CT molecular complexity index is 880. The number of hydrogen-bond donors (Lipinski definition) is 1. The van der Waals surface area contributed by atoms with Gasteiger partial charge in [-0.3, -0.25) is 0 Å². The number of allylic oxidation sites excluding steroid dienone is 10. The normalized spacial score (nSPS) is 14.4. The van der Waals surface area contributed by atoms with E-state index in [4.69, 9.17) is 0 Å². The van der Waals surface area contributed by atoms with E-state index in [1.807, 2.05) is 50.3 Å². The molecule has 0 amide bonds. The third-order valence-electron chi connectivity index (χ3n) is 5.65. The summed E-state index contributed by atoms with van der Waals surface area (Å²) in [6.45, 7) is 17.3. The van der Waals surface area contributed by atoms with E-state index in [0.717, 1.165) is 42.5 Å². The lowest BCUT2D eigenvalue weighted by Crippen LogP contribution is -2.10. The smallest absolute Gasteiger partial charge is 0.131 e. The van der Waals surface area contributed by atoms with Crippen LogP contribution in [0.4, 0.5) is 4.39 Å². The van der Waals surface area contributed by atoms with E-state index in [-0.39, 0.29) is 5.82 Å². The molecular weight excluding hydrogens is 393 g/mol. The van der Waals surface area contributed by atoms with Crippen molar-refractivity contribution in [1.29, 1.82) is 0 Å². The van der Waals surface area contributed by atoms with Gasteiger partial charge in [0.2, 0.25) is 0 Å². The van der Waals surface area contributed by atoms with E-state index in [1.165, 1.54) is 11.1 Å². The molecule has 0 aliphatic heterocycles. The Balaban J connectivity index is 3.20. The molecule has 0 aromatic heterocycles. The third-order valence-corrected chi connectivity index (χ3v) is 5.65. The third kappa shape index (κ3) is 8.86. The summed E-state index contributed by atoms with van der Waals surface area (Å²) in [5.41, 5.74) is 6.05. The minimum atomic E-state index is -0.168. The van der Waals surface area contributed by atoms with Gasteiger partial charge in [-0.15, -0.1) is 0 Å². The first-order valence-electron chi connectivity index (χ1n) is 12.0. The minimum absolute atomic E-state index is 0.168. The lowest BCUT2D eigenvalue weighted by atomic mass is 9.85. The first-order chi connectivity index (χ1) is 15.4. The molecule has 0 saturated carbocycles. The van der Waals surface area contributed by atoms with Crippen LogP contribution < -0.4 is 5.32 Å². The summed E-state index contributed by atoms with van der Waals surface area (Å²) in [4.78, 5) is 0. The molecule has 1 atom stereocenters. The Morgan fingerprint density at radius 2 is 1.84 bits per heavy atom. The molecule has 2 heteroatoms. The van der Waals surface area contributed by atoms with Crippen molar-refractivity contribution in [3.8, 4) is 0 Å². The van der Waals surface area contributed by atoms with Crippen molar-refractivity contribution < 1.29 is 4.39 Å². The average molecular weight is 436 g/mol. The molecule has 0 saturated heterocycles. The largest absolute Gasteiger partial charge is 0.381 e. The standard InChI is InChI=1S/C30H42FN/c1-8-13-14-17-24(7)32-22-25-18-19-28(30(31)20-25)27(12-5)21-29(23(6)15-9-2)26(11-4)16-10-3/h8-9,13-15,17-21,26,32H,7,10-12,16,22H2,1-6H3/b13-8-,15-9-,17-14-,27-21+,29-23-. The summed E-state index contributed by atoms with van der Waals surface area (Å²) < 4.78 is 15.1. The zero-order valence-corrected chi connectivity index (χ0v) is 21.0. The fourth-order valence-electron chi connectivity index (χ4n) is 3.87. The van der Waals surface area contributed by atoms with Crippen LogP contribution in [0.1, 0.15) is 78.4 Å². The summed E-state index contributed by atoms with van der Waals surface area (Å²) in [5, 5.41) is 3.23. The van der Waals surface area contributed by atoms with Crippen LogP contribution in [0.3, 0.4) is 0 Å². The van der Waals surface area contributed by atoms with Crippen LogP contribution in [0.2, 0.25) is 0 Å². The van der Waals surface area contributed by atoms with Gasteiger partial charge in [-0.05, 0) is 80.4 Å². The molecule has 0 spiro atoms. The maximum absolute atomic E-state index is 15.1. The number of halogens is 1. The highest BCUT2D eigenvalue weighted by molar-refractivity contribution is 5.69. The molecule has 0 heterocycles. The van der Waals surface area contributed by atoms with Crippen molar-refractivity contribution in [2.75, 3.05) is 0 Å². The first kappa shape index (κ1) is 27.4. The molecule has 1 aromatic carbocycles. The second kappa shape index (κ2) is 15.2. The van der Waals surface area contributed by atoms with Crippen molar-refractivity contribution in [2.24, 2.45) is 5.92 Å². The molecule has 174 valence electrons. The minimum Gasteiger partial charge on any atom is -0.381 e. The highest BCUT2D eigenvalue weighted by Crippen LogP contribution is 2.31. The Labute approximate surface area is 196 Å². The molecule has 0 bridgehead atoms. The molecule has 1 aromatic rings. The van der Waals surface area contributed by atoms with Crippen molar-refractivity contribution in [3.63, 3.8) is 0 Å². The van der Waals surface area contributed by atoms with Gasteiger partial charge in [0.25, 0.3) is 0 Å². The Morgan fingerprint density at radius 1 is 1.09 bits per heavy atom. The zero-order valence-electron chi connectivity index (χ0n) is 21.0. The Kier molecular flexibility index (Phi) is 13.1. The summed E-state index contributed by atoms with van der Waals surface area (Å²) >= 11 is 0. The predicted molar refractivity (Wildman–Crippen MR) is 141 cm³/mol. The maximum atomic E-state index is 15.1. The number of benzene rings is 1. The Hall–Kier alpha value is -2.61. The van der Waals surface area contributed by atoms with Gasteiger partial charge in [0, 0.05) is 17.8 Å². The lowest BCUT2D eigenvalue weighted by molar-refractivity contribution is 0.541. The second-order valence-electron chi connectivity index (χ2n) is 8.13. The van der Waals surface area contributed by atoms with Gasteiger partial charge >= 0.3 is 0 Å². The second-order valence-corrected chi connectivity index (χ2v) is 8.13. The fraction of sp³-hybridized carbons (Fsp3) is 0.400. The molecule has 0 aliphatic carbocycles. The van der Waals surface area contributed by atoms with E-state index < -0.39 is 0 Å². The Morgan fingerprint density at radius 3 is 2.41 bits per heavy atom. The van der Waals surface area contributed by atoms with E-state index >= 15 is 4.39 Å². The van der Waals surface area contributed by atoms with Crippen molar-refractivity contribution in [3.05, 3.63) is 101 Å². The van der Waals surface area contributed by atoms with Crippen molar-refractivity contribution in [2.45, 2.75) is 73.8 Å². The maximum Gasteiger partial charge on any atom is 0.131 e. The van der Waals surface area contributed by atoms with Crippen LogP contribution in [0.25, 0.3) is 5.57 Å². The van der Waals surface area contributed by atoms with E-state index in [1.54, 1.807) is 6.07 Å². The van der Waals surface area contributed by atoms with Crippen LogP contribution >= 0.6 is 0 Å². The van der Waals surface area contributed by atoms with Crippen LogP contribution in [0.15, 0.2) is 84.2 Å². The van der Waals surface area contributed by atoms with Gasteiger partial charge in [-0.1, -0.05) is 82.4 Å². The molecule has 0 radical (unpaired) electrons. The van der Waals surface area contributed by atoms with E-state index in [9.17, 15) is 0 Å². The molecule has 0 fully saturated rings. The molecule has 32 heavy (non-hydrogen) atoms. The molecule has 1 rings (SSSR count). The number of nitrogens with one attached hydrogen (secondary N) is 1. The predicted octanol–water partition coefficient (Wildman–Crippen LogP) is 9.07. The number of rotatable bonds is 13. The van der Waals surface area contributed by atoms with E-state index in [0.29, 0.717) is 18.0 Å². The average Bonchev–Trinajstić information content (AvgIpc) is 2.78. The quantitative estimate of drug-likeness (QED) is 0.305. The summed E-state index contributed by atoms with van der Waals surface area (Å²) in [7, 11) is 0. The van der Waals surface area contributed by atoms with Crippen LogP contribution in [-0.2, 0) is 6.54 Å². The van der Waals surface area contributed by atoms with E-state index in [2.05, 4.69) is 57.8 Å². The van der Waals surface area contributed by atoms with Gasteiger partial charge in [0.05, 0.1) is 0 Å². The summed E-state index contributed by atoms with van der Waals surface area (Å²) in [6, 6.07) is 5.56. The molecule has 1 N–H and O–H groups in total. The zero-order chi connectivity index (χ0) is 23.9. The topological polar surface area (TPSA) is 12.0 Å². The summed E-state index contributed by atoms with van der Waals surface area (Å²) in [6.07, 6.45) is 18.4. The molecule has 0 aliphatic rings. The van der Waals surface area contributed by atoms with Gasteiger partial charge in [0.15, 0.2) is 0 Å². The highest BCUT2D eigenvalue weighted by atomic mass is 19.1. The lowest BCUT2D eigenvalue weighted by Gasteiger charge is -2.20. The number of hydrogen-bond acceptors (Lipinski definition) is 1. The molecule has 1 unspecified atom stereocenters. The van der Waals surface area contributed by atoms with Crippen molar-refractivity contribution >= 4 is 5.57 Å². The highest BCUT2D eigenvalue weighted by Gasteiger charge is 2.15. The van der Waals surface area contributed by atoms with Gasteiger partial charge in [0.1, 0.15) is 5.82 Å². The first-order valence-corrected chi connectivity index (χ1v) is 12.0. The molecular formula is C30H42FN. The fourth-order valence-corrected chi connectivity index (χ4v) is 3.87. The van der Waals surface area contributed by atoms with Crippen LogP contribution in [-0.4, -0.2) is 0 Å². The SMILES string of the molecule is C=C(/C=C\C=C/C)NCc1ccc(/C(=C/C(=C(C)/C=C\C)C(CC)CCC)CC)c(F)c1. The summed E-state index contributed by atoms with van der Waals surface area (Å²) in [5.74, 6) is 0.324.